The zero-order valence-corrected chi connectivity index (χ0v) is 11.7. The van der Waals surface area contributed by atoms with Gasteiger partial charge in [-0.1, -0.05) is 30.3 Å². The summed E-state index contributed by atoms with van der Waals surface area (Å²) in [6, 6.07) is 9.10. The van der Waals surface area contributed by atoms with Gasteiger partial charge >= 0.3 is 0 Å². The molecule has 0 saturated carbocycles. The molecule has 1 saturated heterocycles. The van der Waals surface area contributed by atoms with E-state index in [1.807, 2.05) is 30.3 Å². The number of carbonyl (C=O) groups is 2. The number of imidazole rings is 1. The number of aromatic amines is 1. The molecule has 0 radical (unpaired) electrons. The number of rotatable bonds is 2. The minimum absolute atomic E-state index is 0.154. The van der Waals surface area contributed by atoms with Gasteiger partial charge in [-0.05, 0) is 17.8 Å². The fourth-order valence-electron chi connectivity index (χ4n) is 2.46. The maximum Gasteiger partial charge on any atom is 0.252 e. The Labute approximate surface area is 120 Å². The first-order valence-electron chi connectivity index (χ1n) is 6.25. The van der Waals surface area contributed by atoms with Crippen molar-refractivity contribution in [2.45, 2.75) is 12.5 Å². The third-order valence-electron chi connectivity index (χ3n) is 3.55. The number of carbonyl (C=O) groups excluding carboxylic acids is 2. The van der Waals surface area contributed by atoms with Gasteiger partial charge in [0, 0.05) is 13.2 Å². The molecule has 1 N–H and O–H groups in total. The molecule has 0 bridgehead atoms. The third kappa shape index (κ3) is 1.89. The highest BCUT2D eigenvalue weighted by atomic mass is 32.1. The molecule has 2 aromatic rings. The molecule has 102 valence electrons. The number of hydrogen-bond acceptors (Lipinski definition) is 3. The monoisotopic (exact) mass is 287 g/mol. The van der Waals surface area contributed by atoms with Crippen LogP contribution in [0, 0.1) is 4.77 Å². The van der Waals surface area contributed by atoms with Crippen molar-refractivity contribution >= 4 is 24.0 Å². The molecule has 1 unspecified atom stereocenters. The third-order valence-corrected chi connectivity index (χ3v) is 3.86. The van der Waals surface area contributed by atoms with Gasteiger partial charge in [0.15, 0.2) is 4.77 Å². The van der Waals surface area contributed by atoms with Crippen LogP contribution in [0.4, 0.5) is 0 Å². The number of nitrogens with one attached hydrogen (secondary N) is 1. The summed E-state index contributed by atoms with van der Waals surface area (Å²) in [5, 5.41) is 0. The van der Waals surface area contributed by atoms with Gasteiger partial charge in [0.25, 0.3) is 5.91 Å². The number of hydrogen-bond donors (Lipinski definition) is 1. The molecule has 1 fully saturated rings. The molecule has 1 aliphatic heterocycles. The van der Waals surface area contributed by atoms with Crippen molar-refractivity contribution in [3.05, 3.63) is 41.3 Å². The largest absolute Gasteiger partial charge is 0.337 e. The Morgan fingerprint density at radius 3 is 2.55 bits per heavy atom. The van der Waals surface area contributed by atoms with Crippen molar-refractivity contribution in [2.24, 2.45) is 0 Å². The summed E-state index contributed by atoms with van der Waals surface area (Å²) in [4.78, 5) is 28.0. The predicted molar refractivity (Wildman–Crippen MR) is 76.5 cm³/mol. The summed E-state index contributed by atoms with van der Waals surface area (Å²) in [5.74, 6) is -0.398. The first-order chi connectivity index (χ1) is 9.59. The van der Waals surface area contributed by atoms with Crippen LogP contribution in [0.2, 0.25) is 0 Å². The van der Waals surface area contributed by atoms with E-state index in [-0.39, 0.29) is 18.2 Å². The van der Waals surface area contributed by atoms with Crippen LogP contribution in [0.25, 0.3) is 11.3 Å². The van der Waals surface area contributed by atoms with Gasteiger partial charge in [-0.2, -0.15) is 0 Å². The van der Waals surface area contributed by atoms with Crippen molar-refractivity contribution in [3.63, 3.8) is 0 Å². The molecule has 1 aromatic heterocycles. The van der Waals surface area contributed by atoms with E-state index in [1.165, 1.54) is 7.05 Å². The highest BCUT2D eigenvalue weighted by Crippen LogP contribution is 2.29. The van der Waals surface area contributed by atoms with E-state index in [9.17, 15) is 9.59 Å². The lowest BCUT2D eigenvalue weighted by Crippen LogP contribution is -2.27. The number of amides is 2. The van der Waals surface area contributed by atoms with Crippen LogP contribution in [-0.4, -0.2) is 33.3 Å². The first-order valence-corrected chi connectivity index (χ1v) is 6.66. The smallest absolute Gasteiger partial charge is 0.252 e. The number of likely N-dealkylation sites (N-methyl/N-ethyl adjacent to an activating group) is 1. The lowest BCUT2D eigenvalue weighted by Gasteiger charge is -2.14. The Balaban J connectivity index is 2.12. The van der Waals surface area contributed by atoms with E-state index in [2.05, 4.69) is 4.98 Å². The van der Waals surface area contributed by atoms with Crippen LogP contribution >= 0.6 is 12.2 Å². The van der Waals surface area contributed by atoms with Crippen molar-refractivity contribution in [3.8, 4) is 11.3 Å². The molecule has 2 amide bonds. The van der Waals surface area contributed by atoms with Gasteiger partial charge in [0.2, 0.25) is 5.91 Å². The fourth-order valence-corrected chi connectivity index (χ4v) is 2.74. The second kappa shape index (κ2) is 4.72. The van der Waals surface area contributed by atoms with E-state index < -0.39 is 6.04 Å². The highest BCUT2D eigenvalue weighted by Gasteiger charge is 2.38. The standard InChI is InChI=1S/C14H13N3O2S/c1-16-12(18)7-10(13(16)19)17-11(8-15-14(17)20)9-5-3-2-4-6-9/h2-6,8,10H,7H2,1H3,(H,15,20). The molecule has 3 rings (SSSR count). The average molecular weight is 287 g/mol. The second-order valence-corrected chi connectivity index (χ2v) is 5.11. The summed E-state index contributed by atoms with van der Waals surface area (Å²) in [7, 11) is 1.50. The second-order valence-electron chi connectivity index (χ2n) is 4.73. The molecule has 5 nitrogen and oxygen atoms in total. The summed E-state index contributed by atoms with van der Waals surface area (Å²) >= 11 is 5.27. The van der Waals surface area contributed by atoms with Crippen molar-refractivity contribution in [2.75, 3.05) is 7.05 Å². The number of benzene rings is 1. The summed E-state index contributed by atoms with van der Waals surface area (Å²) in [6.45, 7) is 0. The lowest BCUT2D eigenvalue weighted by molar-refractivity contribution is -0.137. The van der Waals surface area contributed by atoms with Gasteiger partial charge in [-0.25, -0.2) is 0 Å². The molecule has 1 atom stereocenters. The van der Waals surface area contributed by atoms with Crippen LogP contribution in [0.5, 0.6) is 0 Å². The van der Waals surface area contributed by atoms with Crippen LogP contribution in [-0.2, 0) is 9.59 Å². The van der Waals surface area contributed by atoms with E-state index in [0.29, 0.717) is 4.77 Å². The van der Waals surface area contributed by atoms with Crippen molar-refractivity contribution in [1.82, 2.24) is 14.5 Å². The maximum atomic E-state index is 12.2. The molecule has 0 aliphatic carbocycles. The maximum absolute atomic E-state index is 12.2. The zero-order valence-electron chi connectivity index (χ0n) is 10.9. The van der Waals surface area contributed by atoms with E-state index >= 15 is 0 Å². The number of imide groups is 1. The highest BCUT2D eigenvalue weighted by molar-refractivity contribution is 7.71. The Bertz CT molecular complexity index is 732. The van der Waals surface area contributed by atoms with E-state index in [1.54, 1.807) is 10.8 Å². The molecule has 2 heterocycles. The summed E-state index contributed by atoms with van der Waals surface area (Å²) < 4.78 is 2.18. The van der Waals surface area contributed by atoms with Crippen LogP contribution in [0.15, 0.2) is 36.5 Å². The van der Waals surface area contributed by atoms with Gasteiger partial charge in [0.1, 0.15) is 6.04 Å². The van der Waals surface area contributed by atoms with Gasteiger partial charge in [0.05, 0.1) is 12.1 Å². The Morgan fingerprint density at radius 1 is 1.25 bits per heavy atom. The molecule has 1 aromatic carbocycles. The molecule has 0 spiro atoms. The number of nitrogens with zero attached hydrogens (tertiary/aromatic N) is 2. The fraction of sp³-hybridized carbons (Fsp3) is 0.214. The zero-order chi connectivity index (χ0) is 14.3. The number of likely N-dealkylation sites (tertiary alicyclic amines) is 1. The van der Waals surface area contributed by atoms with Crippen molar-refractivity contribution < 1.29 is 9.59 Å². The van der Waals surface area contributed by atoms with Crippen molar-refractivity contribution in [1.29, 1.82) is 0 Å². The Hall–Kier alpha value is -2.21. The minimum Gasteiger partial charge on any atom is -0.337 e. The summed E-state index contributed by atoms with van der Waals surface area (Å²) in [6.07, 6.45) is 1.93. The lowest BCUT2D eigenvalue weighted by atomic mass is 10.1. The first kappa shape index (κ1) is 12.8. The predicted octanol–water partition coefficient (Wildman–Crippen LogP) is 2.14. The van der Waals surface area contributed by atoms with Crippen LogP contribution < -0.4 is 0 Å². The quantitative estimate of drug-likeness (QED) is 0.680. The van der Waals surface area contributed by atoms with E-state index in [0.717, 1.165) is 16.2 Å². The van der Waals surface area contributed by atoms with E-state index in [4.69, 9.17) is 12.2 Å². The average Bonchev–Trinajstić information content (AvgIpc) is 2.95. The molecule has 6 heteroatoms. The van der Waals surface area contributed by atoms with Gasteiger partial charge < -0.3 is 9.55 Å². The number of H-pyrrole nitrogens is 1. The minimum atomic E-state index is -0.554. The Kier molecular flexibility index (Phi) is 3.02. The number of aromatic nitrogens is 2. The normalized spacial score (nSPS) is 18.9. The van der Waals surface area contributed by atoms with Gasteiger partial charge in [-0.3, -0.25) is 14.5 Å². The summed E-state index contributed by atoms with van der Waals surface area (Å²) in [5.41, 5.74) is 1.77. The molecular weight excluding hydrogens is 274 g/mol. The molecule has 20 heavy (non-hydrogen) atoms. The topological polar surface area (TPSA) is 58.1 Å². The van der Waals surface area contributed by atoms with Gasteiger partial charge in [-0.15, -0.1) is 0 Å². The van der Waals surface area contributed by atoms with Crippen LogP contribution in [0.3, 0.4) is 0 Å². The molecule has 1 aliphatic rings. The molecular formula is C14H13N3O2S. The Morgan fingerprint density at radius 2 is 1.95 bits per heavy atom. The van der Waals surface area contributed by atoms with Crippen LogP contribution in [0.1, 0.15) is 12.5 Å². The SMILES string of the molecule is CN1C(=O)CC(n2c(-c3ccccc3)c[nH]c2=S)C1=O.